The molecule has 1 saturated heterocycles. The molecule has 3 aliphatic rings. The molecule has 1 amide bonds. The molecule has 1 aliphatic heterocycles. The van der Waals surface area contributed by atoms with Crippen LogP contribution in [0.2, 0.25) is 5.02 Å². The van der Waals surface area contributed by atoms with Gasteiger partial charge in [-0.25, -0.2) is 13.1 Å². The number of nitro benzene ring substituents is 1. The average Bonchev–Trinajstić information content (AvgIpc) is 3.71. The standard InChI is InChI=1S/C46H52ClN7O6S/c1-46(2)19-17-32(38(28-46)30-7-9-33(47)10-8-30)29-52-21-23-53(24-22-52)34-11-14-37(44(26-34)60-35-12-15-40-31(25-35)18-20-49-40)45(55)51-61(58,59)36-13-16-42(43(27-36)54(56)57)50-41-6-4-3-5-39(41)48/h7-16,18,20,25-27,39,41,49-50H,3-6,17,19,21-24,28-29,48H2,1-2H3,(H,51,55). The molecule has 5 N–H and O–H groups in total. The van der Waals surface area contributed by atoms with Crippen LogP contribution in [0.25, 0.3) is 16.5 Å². The number of anilines is 2. The number of nitrogens with zero attached hydrogens (tertiary/aromatic N) is 3. The van der Waals surface area contributed by atoms with Gasteiger partial charge in [0, 0.05) is 84.7 Å². The van der Waals surface area contributed by atoms with Gasteiger partial charge in [-0.15, -0.1) is 0 Å². The summed E-state index contributed by atoms with van der Waals surface area (Å²) in [7, 11) is -4.56. The van der Waals surface area contributed by atoms with Crippen LogP contribution in [0.4, 0.5) is 17.1 Å². The van der Waals surface area contributed by atoms with Gasteiger partial charge in [0.05, 0.1) is 15.4 Å². The van der Waals surface area contributed by atoms with Crippen molar-refractivity contribution in [1.82, 2.24) is 14.6 Å². The topological polar surface area (TPSA) is 176 Å². The van der Waals surface area contributed by atoms with E-state index in [1.54, 1.807) is 24.3 Å². The maximum absolute atomic E-state index is 13.9. The summed E-state index contributed by atoms with van der Waals surface area (Å²) in [5.74, 6) is -0.310. The average molecular weight is 866 g/mol. The summed E-state index contributed by atoms with van der Waals surface area (Å²) < 4.78 is 35.9. The molecule has 4 aromatic carbocycles. The molecule has 0 radical (unpaired) electrons. The van der Waals surface area contributed by atoms with Crippen molar-refractivity contribution >= 4 is 61.1 Å². The van der Waals surface area contributed by atoms with E-state index in [1.165, 1.54) is 28.8 Å². The first kappa shape index (κ1) is 42.3. The number of halogens is 1. The van der Waals surface area contributed by atoms with Gasteiger partial charge < -0.3 is 25.7 Å². The maximum atomic E-state index is 13.9. The quantitative estimate of drug-likeness (QED) is 0.0699. The first-order chi connectivity index (χ1) is 29.2. The molecule has 2 heterocycles. The summed E-state index contributed by atoms with van der Waals surface area (Å²) in [6.07, 6.45) is 8.49. The molecule has 61 heavy (non-hydrogen) atoms. The lowest BCUT2D eigenvalue weighted by Gasteiger charge is -2.39. The number of carbonyl (C=O) groups is 1. The van der Waals surface area contributed by atoms with E-state index in [-0.39, 0.29) is 34.5 Å². The number of ether oxygens (including phenoxy) is 1. The van der Waals surface area contributed by atoms with E-state index in [2.05, 4.69) is 50.8 Å². The normalized spacial score (nSPS) is 19.8. The monoisotopic (exact) mass is 865 g/mol. The van der Waals surface area contributed by atoms with Gasteiger partial charge in [-0.3, -0.25) is 19.8 Å². The van der Waals surface area contributed by atoms with Crippen LogP contribution in [0, 0.1) is 15.5 Å². The number of rotatable bonds is 12. The summed E-state index contributed by atoms with van der Waals surface area (Å²) in [6, 6.07) is 23.9. The molecule has 2 unspecified atom stereocenters. The number of nitrogens with two attached hydrogens (primary N) is 1. The number of aromatic amines is 1. The molecular formula is C46H52ClN7O6S. The van der Waals surface area contributed by atoms with E-state index in [1.807, 2.05) is 36.5 Å². The molecule has 2 atom stereocenters. The Bertz CT molecular complexity index is 2580. The summed E-state index contributed by atoms with van der Waals surface area (Å²) >= 11 is 6.24. The van der Waals surface area contributed by atoms with Crippen molar-refractivity contribution in [3.63, 3.8) is 0 Å². The number of carbonyl (C=O) groups excluding carboxylic acids is 1. The smallest absolute Gasteiger partial charge is 0.293 e. The van der Waals surface area contributed by atoms with Crippen LogP contribution in [0.3, 0.4) is 0 Å². The summed E-state index contributed by atoms with van der Waals surface area (Å²) in [4.78, 5) is 32.9. The SMILES string of the molecule is CC1(C)CCC(CN2CCN(c3ccc(C(=O)NS(=O)(=O)c4ccc(NC5CCCCC5N)c([N+](=O)[O-])c4)c(Oc4ccc5[nH]ccc5c4)c3)CC2)=C(c2ccc(Cl)cc2)C1. The number of H-pyrrole nitrogens is 1. The highest BCUT2D eigenvalue weighted by Gasteiger charge is 2.31. The molecule has 320 valence electrons. The Morgan fingerprint density at radius 3 is 2.51 bits per heavy atom. The van der Waals surface area contributed by atoms with Crippen LogP contribution in [-0.4, -0.2) is 73.9 Å². The second-order valence-electron chi connectivity index (χ2n) is 17.3. The molecule has 5 aromatic rings. The molecule has 1 aromatic heterocycles. The van der Waals surface area contributed by atoms with Crippen LogP contribution in [0.5, 0.6) is 11.5 Å². The third kappa shape index (κ3) is 9.73. The van der Waals surface area contributed by atoms with E-state index < -0.39 is 31.4 Å². The second kappa shape index (κ2) is 17.5. The summed E-state index contributed by atoms with van der Waals surface area (Å²) in [6.45, 7) is 8.69. The number of benzene rings is 4. The van der Waals surface area contributed by atoms with E-state index in [0.29, 0.717) is 5.75 Å². The van der Waals surface area contributed by atoms with Gasteiger partial charge in [0.2, 0.25) is 0 Å². The first-order valence-corrected chi connectivity index (χ1v) is 22.8. The van der Waals surface area contributed by atoms with Gasteiger partial charge in [-0.2, -0.15) is 0 Å². The van der Waals surface area contributed by atoms with Crippen molar-refractivity contribution in [3.8, 4) is 11.5 Å². The van der Waals surface area contributed by atoms with Gasteiger partial charge >= 0.3 is 0 Å². The Morgan fingerprint density at radius 2 is 1.75 bits per heavy atom. The molecule has 0 bridgehead atoms. The fraction of sp³-hybridized carbons (Fsp3) is 0.370. The molecule has 1 saturated carbocycles. The third-order valence-electron chi connectivity index (χ3n) is 12.4. The molecule has 2 aliphatic carbocycles. The zero-order chi connectivity index (χ0) is 42.9. The molecule has 2 fully saturated rings. The van der Waals surface area contributed by atoms with Crippen molar-refractivity contribution in [3.05, 3.63) is 123 Å². The van der Waals surface area contributed by atoms with Gasteiger partial charge in [-0.1, -0.05) is 56.0 Å². The minimum absolute atomic E-state index is 0.0129. The number of sulfonamides is 1. The number of allylic oxidation sites excluding steroid dienone is 1. The molecule has 8 rings (SSSR count). The van der Waals surface area contributed by atoms with Crippen molar-refractivity contribution in [2.45, 2.75) is 75.8 Å². The molecule has 0 spiro atoms. The van der Waals surface area contributed by atoms with Crippen LogP contribution < -0.4 is 25.4 Å². The highest BCUT2D eigenvalue weighted by Crippen LogP contribution is 2.43. The fourth-order valence-corrected chi connectivity index (χ4v) is 9.94. The van der Waals surface area contributed by atoms with Gasteiger partial charge in [0.15, 0.2) is 0 Å². The lowest BCUT2D eigenvalue weighted by molar-refractivity contribution is -0.384. The number of amides is 1. The van der Waals surface area contributed by atoms with Gasteiger partial charge in [-0.05, 0) is 109 Å². The highest BCUT2D eigenvalue weighted by molar-refractivity contribution is 7.90. The lowest BCUT2D eigenvalue weighted by Crippen LogP contribution is -2.47. The predicted molar refractivity (Wildman–Crippen MR) is 241 cm³/mol. The molecular weight excluding hydrogens is 814 g/mol. The largest absolute Gasteiger partial charge is 0.456 e. The van der Waals surface area contributed by atoms with Crippen molar-refractivity contribution < 1.29 is 22.9 Å². The lowest BCUT2D eigenvalue weighted by atomic mass is 9.72. The Labute approximate surface area is 361 Å². The Balaban J connectivity index is 1.01. The Hall–Kier alpha value is -5.41. The zero-order valence-electron chi connectivity index (χ0n) is 34.5. The number of fused-ring (bicyclic) bond motifs is 1. The number of hydrogen-bond acceptors (Lipinski definition) is 10. The van der Waals surface area contributed by atoms with Crippen LogP contribution >= 0.6 is 11.6 Å². The van der Waals surface area contributed by atoms with Gasteiger partial charge in [0.1, 0.15) is 17.2 Å². The van der Waals surface area contributed by atoms with Crippen molar-refractivity contribution in [2.75, 3.05) is 42.9 Å². The van der Waals surface area contributed by atoms with Crippen LogP contribution in [0.1, 0.15) is 74.7 Å². The van der Waals surface area contributed by atoms with Crippen molar-refractivity contribution in [1.29, 1.82) is 0 Å². The first-order valence-electron chi connectivity index (χ1n) is 20.9. The zero-order valence-corrected chi connectivity index (χ0v) is 36.0. The van der Waals surface area contributed by atoms with Crippen LogP contribution in [0.15, 0.2) is 102 Å². The fourth-order valence-electron chi connectivity index (χ4n) is 8.83. The van der Waals surface area contributed by atoms with E-state index >= 15 is 0 Å². The van der Waals surface area contributed by atoms with E-state index in [0.717, 1.165) is 105 Å². The number of hydrogen-bond donors (Lipinski definition) is 4. The van der Waals surface area contributed by atoms with Crippen molar-refractivity contribution in [2.24, 2.45) is 11.1 Å². The minimum atomic E-state index is -4.56. The maximum Gasteiger partial charge on any atom is 0.293 e. The van der Waals surface area contributed by atoms with E-state index in [9.17, 15) is 23.3 Å². The summed E-state index contributed by atoms with van der Waals surface area (Å²) in [5.41, 5.74) is 12.1. The Kier molecular flexibility index (Phi) is 12.1. The number of nitrogens with one attached hydrogen (secondary N) is 3. The van der Waals surface area contributed by atoms with Gasteiger partial charge in [0.25, 0.3) is 21.6 Å². The van der Waals surface area contributed by atoms with Crippen LogP contribution in [-0.2, 0) is 10.0 Å². The predicted octanol–water partition coefficient (Wildman–Crippen LogP) is 9.11. The second-order valence-corrected chi connectivity index (χ2v) is 19.4. The molecule has 15 heteroatoms. The third-order valence-corrected chi connectivity index (χ3v) is 13.9. The van der Waals surface area contributed by atoms with E-state index in [4.69, 9.17) is 22.1 Å². The minimum Gasteiger partial charge on any atom is -0.456 e. The number of aromatic nitrogens is 1. The Morgan fingerprint density at radius 1 is 0.984 bits per heavy atom. The summed E-state index contributed by atoms with van der Waals surface area (Å²) in [5, 5.41) is 16.9. The number of piperazine rings is 1. The molecule has 13 nitrogen and oxygen atoms in total. The highest BCUT2D eigenvalue weighted by atomic mass is 35.5. The number of nitro groups is 1.